The molecule has 12 heteroatoms. The monoisotopic (exact) mass is 489 g/mol. The summed E-state index contributed by atoms with van der Waals surface area (Å²) >= 11 is 3.23. The fourth-order valence-corrected chi connectivity index (χ4v) is 4.66. The van der Waals surface area contributed by atoms with Gasteiger partial charge in [0, 0.05) is 13.1 Å². The molecule has 1 aromatic rings. The lowest BCUT2D eigenvalue weighted by atomic mass is 9.96. The molecule has 0 radical (unpaired) electrons. The average Bonchev–Trinajstić information content (AvgIpc) is 3.15. The van der Waals surface area contributed by atoms with Gasteiger partial charge in [0.15, 0.2) is 5.60 Å². The van der Waals surface area contributed by atoms with Crippen molar-refractivity contribution in [1.82, 2.24) is 13.6 Å². The van der Waals surface area contributed by atoms with Gasteiger partial charge >= 0.3 is 17.9 Å². The van der Waals surface area contributed by atoms with Gasteiger partial charge in [0.05, 0.1) is 24.6 Å². The van der Waals surface area contributed by atoms with E-state index in [1.54, 1.807) is 0 Å². The van der Waals surface area contributed by atoms with Crippen molar-refractivity contribution in [2.45, 2.75) is 62.5 Å². The van der Waals surface area contributed by atoms with Crippen LogP contribution in [0.2, 0.25) is 0 Å². The van der Waals surface area contributed by atoms with Gasteiger partial charge in [-0.2, -0.15) is 8.75 Å². The first-order chi connectivity index (χ1) is 15.1. The fraction of sp³-hybridized carbons (Fsp3) is 0.650. The maximum absolute atomic E-state index is 10.3. The normalized spacial score (nSPS) is 14.3. The van der Waals surface area contributed by atoms with Crippen molar-refractivity contribution in [2.24, 2.45) is 0 Å². The summed E-state index contributed by atoms with van der Waals surface area (Å²) in [6, 6.07) is 0. The molecule has 2 rings (SSSR count). The third-order valence-corrected chi connectivity index (χ3v) is 6.32. The summed E-state index contributed by atoms with van der Waals surface area (Å²) in [4.78, 5) is 32.8. The standard InChI is InChI=1S/C14H23N3S2.C6H8O7/c1-3-4-5-6-10-18-14-13(15-19-16-14)12-8-7-9-17(2)11-12;7-3(8)1-6(13,5(11)12)2-4(9)10/h8H,3-7,9-11H2,1-2H3;13H,1-2H2,(H,7,8)(H,9,10)(H,11,12). The second kappa shape index (κ2) is 14.2. The third kappa shape index (κ3) is 10.1. The van der Waals surface area contributed by atoms with Gasteiger partial charge in [-0.25, -0.2) is 4.79 Å². The quantitative estimate of drug-likeness (QED) is 0.252. The Morgan fingerprint density at radius 3 is 2.31 bits per heavy atom. The second-order valence-electron chi connectivity index (χ2n) is 7.56. The summed E-state index contributed by atoms with van der Waals surface area (Å²) in [5.41, 5.74) is -0.243. The number of thioether (sulfide) groups is 1. The molecule has 0 saturated carbocycles. The van der Waals surface area contributed by atoms with Crippen LogP contribution in [0.3, 0.4) is 0 Å². The molecule has 0 spiro atoms. The molecule has 180 valence electrons. The minimum Gasteiger partial charge on any atom is -0.481 e. The summed E-state index contributed by atoms with van der Waals surface area (Å²) in [6.07, 6.45) is 6.44. The summed E-state index contributed by atoms with van der Waals surface area (Å²) in [7, 11) is 2.17. The predicted molar refractivity (Wildman–Crippen MR) is 122 cm³/mol. The molecule has 1 aromatic heterocycles. The summed E-state index contributed by atoms with van der Waals surface area (Å²) in [5.74, 6) is -3.85. The van der Waals surface area contributed by atoms with E-state index in [1.165, 1.54) is 48.7 Å². The zero-order chi connectivity index (χ0) is 24.1. The number of unbranched alkanes of at least 4 members (excludes halogenated alkanes) is 3. The number of likely N-dealkylation sites (N-methyl/N-ethyl adjacent to an activating group) is 1. The van der Waals surface area contributed by atoms with E-state index >= 15 is 0 Å². The molecular weight excluding hydrogens is 458 g/mol. The number of hydrogen-bond donors (Lipinski definition) is 4. The van der Waals surface area contributed by atoms with Gasteiger partial charge in [0.25, 0.3) is 0 Å². The minimum absolute atomic E-state index is 1.01. The number of hydrogen-bond acceptors (Lipinski definition) is 9. The van der Waals surface area contributed by atoms with Crippen LogP contribution >= 0.6 is 23.5 Å². The first-order valence-electron chi connectivity index (χ1n) is 10.3. The van der Waals surface area contributed by atoms with Crippen LogP contribution in [-0.2, 0) is 14.4 Å². The van der Waals surface area contributed by atoms with Crippen LogP contribution in [0.25, 0.3) is 5.57 Å². The topological polar surface area (TPSA) is 161 Å². The lowest BCUT2D eigenvalue weighted by Crippen LogP contribution is -2.42. The summed E-state index contributed by atoms with van der Waals surface area (Å²) in [5, 5.41) is 35.0. The van der Waals surface area contributed by atoms with Crippen LogP contribution in [0.1, 0.15) is 57.6 Å². The van der Waals surface area contributed by atoms with Crippen LogP contribution in [0, 0.1) is 0 Å². The van der Waals surface area contributed by atoms with Crippen molar-refractivity contribution in [3.63, 3.8) is 0 Å². The Bertz CT molecular complexity index is 782. The number of carboxylic acid groups (broad SMARTS) is 3. The van der Waals surface area contributed by atoms with Gasteiger partial charge in [-0.15, -0.1) is 11.8 Å². The zero-order valence-corrected chi connectivity index (χ0v) is 20.0. The van der Waals surface area contributed by atoms with E-state index in [4.69, 9.17) is 20.4 Å². The van der Waals surface area contributed by atoms with Crippen molar-refractivity contribution in [3.05, 3.63) is 11.8 Å². The minimum atomic E-state index is -2.74. The predicted octanol–water partition coefficient (Wildman–Crippen LogP) is 2.68. The van der Waals surface area contributed by atoms with Gasteiger partial charge in [-0.3, -0.25) is 9.59 Å². The van der Waals surface area contributed by atoms with E-state index in [0.717, 1.165) is 30.2 Å². The number of carboxylic acids is 3. The Morgan fingerprint density at radius 1 is 1.12 bits per heavy atom. The highest BCUT2D eigenvalue weighted by Crippen LogP contribution is 2.29. The summed E-state index contributed by atoms with van der Waals surface area (Å²) in [6.45, 7) is 4.41. The Balaban J connectivity index is 0.000000347. The molecule has 0 atom stereocenters. The van der Waals surface area contributed by atoms with Crippen molar-refractivity contribution in [3.8, 4) is 0 Å². The third-order valence-electron chi connectivity index (χ3n) is 4.63. The zero-order valence-electron chi connectivity index (χ0n) is 18.3. The smallest absolute Gasteiger partial charge is 0.336 e. The van der Waals surface area contributed by atoms with E-state index in [1.807, 2.05) is 11.8 Å². The van der Waals surface area contributed by atoms with Crippen molar-refractivity contribution in [2.75, 3.05) is 25.9 Å². The van der Waals surface area contributed by atoms with Gasteiger partial charge < -0.3 is 25.3 Å². The van der Waals surface area contributed by atoms with Crippen molar-refractivity contribution >= 4 is 47.0 Å². The van der Waals surface area contributed by atoms with Crippen molar-refractivity contribution in [1.29, 1.82) is 0 Å². The molecular formula is C20H31N3O7S2. The van der Waals surface area contributed by atoms with Crippen LogP contribution in [0.4, 0.5) is 0 Å². The molecule has 0 aromatic carbocycles. The number of aromatic nitrogens is 2. The molecule has 10 nitrogen and oxygen atoms in total. The van der Waals surface area contributed by atoms with Gasteiger partial charge in [-0.05, 0) is 31.2 Å². The highest BCUT2D eigenvalue weighted by molar-refractivity contribution is 7.99. The van der Waals surface area contributed by atoms with Crippen LogP contribution in [0.5, 0.6) is 0 Å². The molecule has 0 saturated heterocycles. The molecule has 0 aliphatic carbocycles. The Labute approximate surface area is 195 Å². The Kier molecular flexibility index (Phi) is 12.4. The molecule has 0 unspecified atom stereocenters. The maximum Gasteiger partial charge on any atom is 0.336 e. The number of rotatable bonds is 12. The van der Waals surface area contributed by atoms with Crippen LogP contribution in [0.15, 0.2) is 11.1 Å². The van der Waals surface area contributed by atoms with Gasteiger partial charge in [0.2, 0.25) is 0 Å². The molecule has 1 aliphatic rings. The highest BCUT2D eigenvalue weighted by Gasteiger charge is 2.40. The Hall–Kier alpha value is -2.02. The Morgan fingerprint density at radius 2 is 1.78 bits per heavy atom. The molecule has 2 heterocycles. The molecule has 0 bridgehead atoms. The molecule has 0 fully saturated rings. The fourth-order valence-electron chi connectivity index (χ4n) is 2.95. The average molecular weight is 490 g/mol. The number of nitrogens with zero attached hydrogens (tertiary/aromatic N) is 3. The first-order valence-corrected chi connectivity index (χ1v) is 12.0. The number of aliphatic carboxylic acids is 3. The molecule has 32 heavy (non-hydrogen) atoms. The van der Waals surface area contributed by atoms with Gasteiger partial charge in [0.1, 0.15) is 10.7 Å². The molecule has 4 N–H and O–H groups in total. The van der Waals surface area contributed by atoms with E-state index in [0.29, 0.717) is 0 Å². The van der Waals surface area contributed by atoms with E-state index in [-0.39, 0.29) is 0 Å². The molecule has 1 aliphatic heterocycles. The van der Waals surface area contributed by atoms with Gasteiger partial charge in [-0.1, -0.05) is 32.3 Å². The van der Waals surface area contributed by atoms with Crippen molar-refractivity contribution < 1.29 is 34.8 Å². The van der Waals surface area contributed by atoms with E-state index < -0.39 is 36.4 Å². The number of carbonyl (C=O) groups is 3. The SMILES string of the molecule is CCCCCCSc1nsnc1C1=CCCN(C)C1.O=C(O)CC(O)(CC(=O)O)C(=O)O. The first kappa shape index (κ1) is 28.0. The highest BCUT2D eigenvalue weighted by atomic mass is 32.2. The van der Waals surface area contributed by atoms with E-state index in [2.05, 4.69) is 33.7 Å². The van der Waals surface area contributed by atoms with E-state index in [9.17, 15) is 14.4 Å². The van der Waals surface area contributed by atoms with Crippen LogP contribution < -0.4 is 0 Å². The molecule has 0 amide bonds. The largest absolute Gasteiger partial charge is 0.481 e. The van der Waals surface area contributed by atoms with Crippen LogP contribution in [-0.4, -0.2) is 83.5 Å². The maximum atomic E-state index is 10.3. The lowest BCUT2D eigenvalue weighted by Gasteiger charge is -2.22. The second-order valence-corrected chi connectivity index (χ2v) is 9.17. The number of aliphatic hydroxyl groups is 1. The summed E-state index contributed by atoms with van der Waals surface area (Å²) < 4.78 is 8.97. The lowest BCUT2D eigenvalue weighted by molar-refractivity contribution is -0.170.